The number of hydrogen-bond donors (Lipinski definition) is 1. The first-order valence-corrected chi connectivity index (χ1v) is 6.11. The number of rotatable bonds is 3. The van der Waals surface area contributed by atoms with Gasteiger partial charge < -0.3 is 15.2 Å². The van der Waals surface area contributed by atoms with Gasteiger partial charge in [-0.05, 0) is 31.4 Å². The molecular formula is C12H16BrNO2. The fourth-order valence-corrected chi connectivity index (χ4v) is 2.56. The fraction of sp³-hybridized carbons (Fsp3) is 0.500. The third-order valence-corrected chi connectivity index (χ3v) is 3.68. The van der Waals surface area contributed by atoms with Crippen molar-refractivity contribution >= 4 is 15.9 Å². The molecule has 16 heavy (non-hydrogen) atoms. The Kier molecular flexibility index (Phi) is 3.13. The van der Waals surface area contributed by atoms with Gasteiger partial charge in [0.15, 0.2) is 11.5 Å². The summed E-state index contributed by atoms with van der Waals surface area (Å²) in [4.78, 5) is 0. The van der Waals surface area contributed by atoms with Gasteiger partial charge in [-0.3, -0.25) is 0 Å². The lowest BCUT2D eigenvalue weighted by Crippen LogP contribution is -2.43. The molecule has 1 aliphatic carbocycles. The maximum atomic E-state index is 6.34. The summed E-state index contributed by atoms with van der Waals surface area (Å²) in [6, 6.07) is 3.92. The number of nitrogens with two attached hydrogens (primary N) is 1. The monoisotopic (exact) mass is 285 g/mol. The van der Waals surface area contributed by atoms with Gasteiger partial charge in [0.2, 0.25) is 0 Å². The highest BCUT2D eigenvalue weighted by molar-refractivity contribution is 9.10. The molecule has 0 heterocycles. The van der Waals surface area contributed by atoms with Crippen molar-refractivity contribution in [2.75, 3.05) is 14.2 Å². The van der Waals surface area contributed by atoms with E-state index in [1.165, 1.54) is 6.42 Å². The van der Waals surface area contributed by atoms with Crippen LogP contribution in [0.4, 0.5) is 0 Å². The molecule has 0 spiro atoms. The predicted octanol–water partition coefficient (Wildman–Crippen LogP) is 2.80. The molecule has 0 bridgehead atoms. The summed E-state index contributed by atoms with van der Waals surface area (Å²) in [6.07, 6.45) is 3.18. The van der Waals surface area contributed by atoms with E-state index < -0.39 is 0 Å². The highest BCUT2D eigenvalue weighted by Crippen LogP contribution is 2.47. The van der Waals surface area contributed by atoms with Gasteiger partial charge in [0.05, 0.1) is 14.2 Å². The van der Waals surface area contributed by atoms with Crippen molar-refractivity contribution in [3.8, 4) is 11.5 Å². The second kappa shape index (κ2) is 4.26. The highest BCUT2D eigenvalue weighted by Gasteiger charge is 2.37. The van der Waals surface area contributed by atoms with E-state index in [0.29, 0.717) is 0 Å². The Morgan fingerprint density at radius 1 is 1.25 bits per heavy atom. The van der Waals surface area contributed by atoms with Crippen molar-refractivity contribution < 1.29 is 9.47 Å². The molecule has 1 aromatic carbocycles. The van der Waals surface area contributed by atoms with Crippen LogP contribution in [-0.2, 0) is 5.54 Å². The number of benzene rings is 1. The largest absolute Gasteiger partial charge is 0.493 e. The summed E-state index contributed by atoms with van der Waals surface area (Å²) in [5.74, 6) is 1.48. The number of methoxy groups -OCH3 is 2. The first-order valence-electron chi connectivity index (χ1n) is 5.31. The van der Waals surface area contributed by atoms with Crippen molar-refractivity contribution in [1.82, 2.24) is 0 Å². The zero-order chi connectivity index (χ0) is 11.8. The molecule has 0 amide bonds. The van der Waals surface area contributed by atoms with Gasteiger partial charge in [-0.1, -0.05) is 15.9 Å². The Hall–Kier alpha value is -0.740. The fourth-order valence-electron chi connectivity index (χ4n) is 2.13. The Balaban J connectivity index is 2.53. The van der Waals surface area contributed by atoms with E-state index in [2.05, 4.69) is 15.9 Å². The van der Waals surface area contributed by atoms with Crippen molar-refractivity contribution in [2.45, 2.75) is 24.8 Å². The van der Waals surface area contributed by atoms with E-state index in [4.69, 9.17) is 15.2 Å². The van der Waals surface area contributed by atoms with Gasteiger partial charge in [-0.2, -0.15) is 0 Å². The van der Waals surface area contributed by atoms with E-state index in [-0.39, 0.29) is 5.54 Å². The zero-order valence-corrected chi connectivity index (χ0v) is 11.1. The molecule has 1 aromatic rings. The zero-order valence-electron chi connectivity index (χ0n) is 9.55. The molecule has 0 aliphatic heterocycles. The maximum Gasteiger partial charge on any atom is 0.165 e. The predicted molar refractivity (Wildman–Crippen MR) is 67.0 cm³/mol. The van der Waals surface area contributed by atoms with E-state index in [9.17, 15) is 0 Å². The first kappa shape index (κ1) is 11.7. The maximum absolute atomic E-state index is 6.34. The van der Waals surface area contributed by atoms with Gasteiger partial charge >= 0.3 is 0 Å². The summed E-state index contributed by atoms with van der Waals surface area (Å²) < 4.78 is 11.7. The Labute approximate surface area is 104 Å². The minimum absolute atomic E-state index is 0.248. The second-order valence-corrected chi connectivity index (χ2v) is 5.11. The summed E-state index contributed by atoms with van der Waals surface area (Å²) >= 11 is 3.47. The number of hydrogen-bond acceptors (Lipinski definition) is 3. The minimum Gasteiger partial charge on any atom is -0.493 e. The lowest BCUT2D eigenvalue weighted by molar-refractivity contribution is 0.240. The highest BCUT2D eigenvalue weighted by atomic mass is 79.9. The standard InChI is InChI=1S/C12H16BrNO2/c1-15-10-7-8(13)6-9(11(10)16-2)12(14)4-3-5-12/h6-7H,3-5,14H2,1-2H3. The van der Waals surface area contributed by atoms with Gasteiger partial charge in [0, 0.05) is 15.6 Å². The minimum atomic E-state index is -0.248. The molecular weight excluding hydrogens is 270 g/mol. The third kappa shape index (κ3) is 1.80. The Morgan fingerprint density at radius 3 is 2.38 bits per heavy atom. The quantitative estimate of drug-likeness (QED) is 0.929. The van der Waals surface area contributed by atoms with Crippen LogP contribution in [0.2, 0.25) is 0 Å². The summed E-state index contributed by atoms with van der Waals surface area (Å²) in [7, 11) is 3.29. The molecule has 1 aliphatic rings. The molecule has 4 heteroatoms. The van der Waals surface area contributed by atoms with Crippen molar-refractivity contribution in [3.05, 3.63) is 22.2 Å². The number of halogens is 1. The Bertz CT molecular complexity index is 402. The average molecular weight is 286 g/mol. The van der Waals surface area contributed by atoms with Crippen LogP contribution < -0.4 is 15.2 Å². The van der Waals surface area contributed by atoms with Gasteiger partial charge in [-0.25, -0.2) is 0 Å². The van der Waals surface area contributed by atoms with E-state index in [1.807, 2.05) is 12.1 Å². The summed E-state index contributed by atoms with van der Waals surface area (Å²) in [6.45, 7) is 0. The van der Waals surface area contributed by atoms with Crippen LogP contribution in [-0.4, -0.2) is 14.2 Å². The molecule has 88 valence electrons. The normalized spacial score (nSPS) is 17.8. The smallest absolute Gasteiger partial charge is 0.165 e. The van der Waals surface area contributed by atoms with Crippen LogP contribution in [0.15, 0.2) is 16.6 Å². The van der Waals surface area contributed by atoms with E-state index in [1.54, 1.807) is 14.2 Å². The second-order valence-electron chi connectivity index (χ2n) is 4.20. The van der Waals surface area contributed by atoms with Crippen molar-refractivity contribution in [2.24, 2.45) is 5.73 Å². The van der Waals surface area contributed by atoms with Gasteiger partial charge in [0.1, 0.15) is 0 Å². The van der Waals surface area contributed by atoms with Crippen LogP contribution in [0, 0.1) is 0 Å². The van der Waals surface area contributed by atoms with Crippen LogP contribution in [0.5, 0.6) is 11.5 Å². The van der Waals surface area contributed by atoms with Gasteiger partial charge in [0.25, 0.3) is 0 Å². The Morgan fingerprint density at radius 2 is 1.94 bits per heavy atom. The van der Waals surface area contributed by atoms with Crippen LogP contribution in [0.3, 0.4) is 0 Å². The third-order valence-electron chi connectivity index (χ3n) is 3.23. The molecule has 0 aromatic heterocycles. The van der Waals surface area contributed by atoms with Crippen LogP contribution >= 0.6 is 15.9 Å². The molecule has 0 radical (unpaired) electrons. The van der Waals surface area contributed by atoms with E-state index >= 15 is 0 Å². The molecule has 1 fully saturated rings. The molecule has 0 saturated heterocycles. The number of ether oxygens (including phenoxy) is 2. The SMILES string of the molecule is COc1cc(Br)cc(C2(N)CCC2)c1OC. The molecule has 2 rings (SSSR count). The van der Waals surface area contributed by atoms with Crippen molar-refractivity contribution in [1.29, 1.82) is 0 Å². The summed E-state index contributed by atoms with van der Waals surface area (Å²) in [5, 5.41) is 0. The van der Waals surface area contributed by atoms with Crippen LogP contribution in [0.1, 0.15) is 24.8 Å². The topological polar surface area (TPSA) is 44.5 Å². The molecule has 1 saturated carbocycles. The molecule has 0 unspecified atom stereocenters. The average Bonchev–Trinajstić information content (AvgIpc) is 2.24. The van der Waals surface area contributed by atoms with Gasteiger partial charge in [-0.15, -0.1) is 0 Å². The summed E-state index contributed by atoms with van der Waals surface area (Å²) in [5.41, 5.74) is 7.12. The van der Waals surface area contributed by atoms with Crippen LogP contribution in [0.25, 0.3) is 0 Å². The van der Waals surface area contributed by atoms with Crippen molar-refractivity contribution in [3.63, 3.8) is 0 Å². The molecule has 2 N–H and O–H groups in total. The molecule has 0 atom stereocenters. The lowest BCUT2D eigenvalue weighted by atomic mass is 9.72. The molecule has 3 nitrogen and oxygen atoms in total. The first-order chi connectivity index (χ1) is 7.60. The lowest BCUT2D eigenvalue weighted by Gasteiger charge is -2.39. The van der Waals surface area contributed by atoms with E-state index in [0.717, 1.165) is 34.4 Å².